The molecule has 1 aliphatic rings. The average molecular weight is 295 g/mol. The summed E-state index contributed by atoms with van der Waals surface area (Å²) in [5, 5.41) is 3.48. The van der Waals surface area contributed by atoms with Crippen LogP contribution in [-0.2, 0) is 0 Å². The maximum atomic E-state index is 12.3. The molecule has 0 radical (unpaired) electrons. The monoisotopic (exact) mass is 295 g/mol. The molecule has 20 heavy (non-hydrogen) atoms. The lowest BCUT2D eigenvalue weighted by Crippen LogP contribution is -2.47. The van der Waals surface area contributed by atoms with Gasteiger partial charge in [-0.2, -0.15) is 13.2 Å². The van der Waals surface area contributed by atoms with E-state index in [9.17, 15) is 13.2 Å². The first-order valence-electron chi connectivity index (χ1n) is 7.69. The summed E-state index contributed by atoms with van der Waals surface area (Å²) in [5.41, 5.74) is 0. The topological polar surface area (TPSA) is 18.5 Å². The quantitative estimate of drug-likeness (QED) is 0.741. The molecule has 1 heterocycles. The Morgan fingerprint density at radius 1 is 1.15 bits per heavy atom. The number of likely N-dealkylation sites (N-methyl/N-ethyl adjacent to an activating group) is 1. The van der Waals surface area contributed by atoms with Crippen LogP contribution in [0.4, 0.5) is 13.2 Å². The summed E-state index contributed by atoms with van der Waals surface area (Å²) in [5.74, 6) is 0. The van der Waals surface area contributed by atoms with Gasteiger partial charge in [-0.3, -0.25) is 4.90 Å². The second-order valence-electron chi connectivity index (χ2n) is 5.55. The Hall–Kier alpha value is -0.330. The van der Waals surface area contributed by atoms with Gasteiger partial charge in [0.1, 0.15) is 0 Å². The van der Waals surface area contributed by atoms with E-state index >= 15 is 0 Å². The SMILES string of the molecule is CCCN(CC)CCNC1CCN(CC(F)(F)F)CC1. The van der Waals surface area contributed by atoms with Crippen molar-refractivity contribution in [3.8, 4) is 0 Å². The molecule has 0 saturated carbocycles. The number of halogens is 3. The van der Waals surface area contributed by atoms with E-state index in [0.29, 0.717) is 19.1 Å². The van der Waals surface area contributed by atoms with E-state index < -0.39 is 12.7 Å². The minimum atomic E-state index is -4.07. The van der Waals surface area contributed by atoms with Crippen LogP contribution < -0.4 is 5.32 Å². The van der Waals surface area contributed by atoms with Crippen LogP contribution in [-0.4, -0.2) is 67.8 Å². The summed E-state index contributed by atoms with van der Waals surface area (Å²) in [6, 6.07) is 0.375. The van der Waals surface area contributed by atoms with E-state index in [4.69, 9.17) is 0 Å². The van der Waals surface area contributed by atoms with Crippen molar-refractivity contribution in [3.05, 3.63) is 0 Å². The average Bonchev–Trinajstić information content (AvgIpc) is 2.38. The Labute approximate surface area is 120 Å². The Kier molecular flexibility index (Phi) is 7.84. The zero-order valence-electron chi connectivity index (χ0n) is 12.7. The van der Waals surface area contributed by atoms with E-state index in [1.807, 2.05) is 0 Å². The van der Waals surface area contributed by atoms with Crippen LogP contribution in [0.2, 0.25) is 0 Å². The van der Waals surface area contributed by atoms with E-state index in [1.54, 1.807) is 0 Å². The summed E-state index contributed by atoms with van der Waals surface area (Å²) in [7, 11) is 0. The predicted octanol–water partition coefficient (Wildman–Crippen LogP) is 2.33. The van der Waals surface area contributed by atoms with Crippen LogP contribution >= 0.6 is 0 Å². The molecule has 0 atom stereocenters. The van der Waals surface area contributed by atoms with Crippen LogP contribution in [0.5, 0.6) is 0 Å². The van der Waals surface area contributed by atoms with Gasteiger partial charge in [-0.1, -0.05) is 13.8 Å². The van der Waals surface area contributed by atoms with E-state index in [2.05, 4.69) is 24.1 Å². The number of hydrogen-bond acceptors (Lipinski definition) is 3. The molecule has 1 saturated heterocycles. The first-order valence-corrected chi connectivity index (χ1v) is 7.69. The van der Waals surface area contributed by atoms with E-state index in [1.165, 1.54) is 4.90 Å². The van der Waals surface area contributed by atoms with E-state index in [0.717, 1.165) is 45.4 Å². The van der Waals surface area contributed by atoms with Crippen molar-refractivity contribution < 1.29 is 13.2 Å². The summed E-state index contributed by atoms with van der Waals surface area (Å²) in [4.78, 5) is 3.90. The zero-order valence-corrected chi connectivity index (χ0v) is 12.7. The van der Waals surface area contributed by atoms with Gasteiger partial charge >= 0.3 is 6.18 Å². The molecule has 0 aromatic carbocycles. The van der Waals surface area contributed by atoms with E-state index in [-0.39, 0.29) is 0 Å². The van der Waals surface area contributed by atoms with Crippen LogP contribution in [0.3, 0.4) is 0 Å². The van der Waals surface area contributed by atoms with Gasteiger partial charge in [-0.25, -0.2) is 0 Å². The highest BCUT2D eigenvalue weighted by molar-refractivity contribution is 4.78. The number of hydrogen-bond donors (Lipinski definition) is 1. The summed E-state index contributed by atoms with van der Waals surface area (Å²) < 4.78 is 36.8. The molecular formula is C14H28F3N3. The van der Waals surface area contributed by atoms with Crippen molar-refractivity contribution in [1.82, 2.24) is 15.1 Å². The second kappa shape index (κ2) is 8.85. The molecule has 0 aromatic rings. The molecule has 0 spiro atoms. The second-order valence-corrected chi connectivity index (χ2v) is 5.55. The standard InChI is InChI=1S/C14H28F3N3/c1-3-8-19(4-2)11-7-18-13-5-9-20(10-6-13)12-14(15,16)17/h13,18H,3-12H2,1-2H3. The van der Waals surface area contributed by atoms with Gasteiger partial charge in [0, 0.05) is 19.1 Å². The van der Waals surface area contributed by atoms with Crippen LogP contribution in [0.15, 0.2) is 0 Å². The molecule has 0 aliphatic carbocycles. The molecule has 1 fully saturated rings. The molecule has 3 nitrogen and oxygen atoms in total. The fourth-order valence-corrected chi connectivity index (χ4v) is 2.72. The number of rotatable bonds is 8. The number of piperidine rings is 1. The highest BCUT2D eigenvalue weighted by atomic mass is 19.4. The van der Waals surface area contributed by atoms with Gasteiger partial charge in [0.25, 0.3) is 0 Å². The third-order valence-electron chi connectivity index (χ3n) is 3.84. The lowest BCUT2D eigenvalue weighted by molar-refractivity contribution is -0.148. The van der Waals surface area contributed by atoms with Crippen molar-refractivity contribution >= 4 is 0 Å². The minimum absolute atomic E-state index is 0.375. The summed E-state index contributed by atoms with van der Waals surface area (Å²) in [6.07, 6.45) is -1.28. The predicted molar refractivity (Wildman–Crippen MR) is 75.9 cm³/mol. The highest BCUT2D eigenvalue weighted by Gasteiger charge is 2.32. The largest absolute Gasteiger partial charge is 0.401 e. The van der Waals surface area contributed by atoms with Crippen LogP contribution in [0, 0.1) is 0 Å². The van der Waals surface area contributed by atoms with Gasteiger partial charge in [-0.15, -0.1) is 0 Å². The number of likely N-dealkylation sites (tertiary alicyclic amines) is 1. The Morgan fingerprint density at radius 2 is 1.80 bits per heavy atom. The lowest BCUT2D eigenvalue weighted by Gasteiger charge is -2.33. The zero-order chi connectivity index (χ0) is 15.0. The van der Waals surface area contributed by atoms with Crippen molar-refractivity contribution in [3.63, 3.8) is 0 Å². The van der Waals surface area contributed by atoms with Crippen molar-refractivity contribution in [2.45, 2.75) is 45.3 Å². The smallest absolute Gasteiger partial charge is 0.313 e. The van der Waals surface area contributed by atoms with Crippen molar-refractivity contribution in [1.29, 1.82) is 0 Å². The minimum Gasteiger partial charge on any atom is -0.313 e. The molecule has 1 N–H and O–H groups in total. The molecular weight excluding hydrogens is 267 g/mol. The molecule has 120 valence electrons. The Balaban J connectivity index is 2.13. The maximum absolute atomic E-state index is 12.3. The molecule has 1 aliphatic heterocycles. The van der Waals surface area contributed by atoms with Crippen molar-refractivity contribution in [2.24, 2.45) is 0 Å². The van der Waals surface area contributed by atoms with Gasteiger partial charge in [0.2, 0.25) is 0 Å². The van der Waals surface area contributed by atoms with Crippen LogP contribution in [0.1, 0.15) is 33.1 Å². The molecule has 0 bridgehead atoms. The number of nitrogens with zero attached hydrogens (tertiary/aromatic N) is 2. The number of nitrogens with one attached hydrogen (secondary N) is 1. The van der Waals surface area contributed by atoms with Crippen LogP contribution in [0.25, 0.3) is 0 Å². The van der Waals surface area contributed by atoms with Gasteiger partial charge < -0.3 is 10.2 Å². The lowest BCUT2D eigenvalue weighted by atomic mass is 10.1. The third kappa shape index (κ3) is 7.45. The fraction of sp³-hybridized carbons (Fsp3) is 1.00. The molecule has 1 rings (SSSR count). The normalized spacial score (nSPS) is 18.9. The Morgan fingerprint density at radius 3 is 2.30 bits per heavy atom. The van der Waals surface area contributed by atoms with Gasteiger partial charge in [0.05, 0.1) is 6.54 Å². The molecule has 0 aromatic heterocycles. The fourth-order valence-electron chi connectivity index (χ4n) is 2.72. The summed E-state index contributed by atoms with van der Waals surface area (Å²) >= 11 is 0. The highest BCUT2D eigenvalue weighted by Crippen LogP contribution is 2.19. The summed E-state index contributed by atoms with van der Waals surface area (Å²) in [6.45, 7) is 8.78. The molecule has 0 unspecified atom stereocenters. The number of alkyl halides is 3. The Bertz CT molecular complexity index is 251. The third-order valence-corrected chi connectivity index (χ3v) is 3.84. The van der Waals surface area contributed by atoms with Crippen molar-refractivity contribution in [2.75, 3.05) is 45.8 Å². The first kappa shape index (κ1) is 17.7. The molecule has 0 amide bonds. The van der Waals surface area contributed by atoms with Gasteiger partial charge in [-0.05, 0) is 45.4 Å². The maximum Gasteiger partial charge on any atom is 0.401 e. The van der Waals surface area contributed by atoms with Gasteiger partial charge in [0.15, 0.2) is 0 Å². The first-order chi connectivity index (χ1) is 9.44. The molecule has 6 heteroatoms.